The zero-order valence-electron chi connectivity index (χ0n) is 23.9. The van der Waals surface area contributed by atoms with Crippen LogP contribution < -0.4 is 5.32 Å². The summed E-state index contributed by atoms with van der Waals surface area (Å²) in [6.45, 7) is 0.655. The molecule has 4 aromatic carbocycles. The summed E-state index contributed by atoms with van der Waals surface area (Å²) in [6, 6.07) is 34.1. The van der Waals surface area contributed by atoms with Gasteiger partial charge in [-0.1, -0.05) is 103 Å². The van der Waals surface area contributed by atoms with Crippen LogP contribution in [0.4, 0.5) is 0 Å². The van der Waals surface area contributed by atoms with E-state index in [9.17, 15) is 14.7 Å². The normalized spacial score (nSPS) is 24.6. The number of fused-ring (bicyclic) bond motifs is 1. The van der Waals surface area contributed by atoms with Crippen LogP contribution >= 0.6 is 0 Å². The number of ether oxygens (including phenoxy) is 5. The molecule has 6 atom stereocenters. The van der Waals surface area contributed by atoms with Crippen LogP contribution in [0.3, 0.4) is 0 Å². The van der Waals surface area contributed by atoms with Gasteiger partial charge in [0, 0.05) is 5.56 Å². The van der Waals surface area contributed by atoms with Gasteiger partial charge < -0.3 is 34.1 Å². The number of rotatable bonds is 10. The van der Waals surface area contributed by atoms with E-state index in [0.717, 1.165) is 16.7 Å². The molecule has 2 saturated heterocycles. The fraction of sp³-hybridized carbons (Fsp3) is 0.257. The lowest BCUT2D eigenvalue weighted by Crippen LogP contribution is -2.67. The number of hydrogen-bond acceptors (Lipinski definition) is 7. The van der Waals surface area contributed by atoms with E-state index in [-0.39, 0.29) is 30.9 Å². The standard InChI is InChI=1S/C35H33NO8/c37-32(26-18-10-11-19-27(26)33(38)39)36-29-31(40-20-23-12-4-1-5-13-23)30-28(22-42-34(44-30)25-16-8-3-9-17-25)43-35(29)41-21-24-14-6-2-7-15-24/h1-19,28-31,34-35H,20-22H2,(H,36,37)(H,38,39)/t28-,29-,30-,31-,34+,35-/m1/s1. The fourth-order valence-electron chi connectivity index (χ4n) is 5.46. The van der Waals surface area contributed by atoms with Gasteiger partial charge >= 0.3 is 5.97 Å². The molecule has 0 aliphatic carbocycles. The third-order valence-electron chi connectivity index (χ3n) is 7.65. The number of carboxylic acids is 1. The summed E-state index contributed by atoms with van der Waals surface area (Å²) >= 11 is 0. The second-order valence-electron chi connectivity index (χ2n) is 10.6. The molecule has 0 radical (unpaired) electrons. The summed E-state index contributed by atoms with van der Waals surface area (Å²) in [5.74, 6) is -1.80. The van der Waals surface area contributed by atoms with Crippen LogP contribution in [0.15, 0.2) is 115 Å². The molecule has 0 saturated carbocycles. The van der Waals surface area contributed by atoms with Crippen molar-refractivity contribution in [2.45, 2.75) is 50.1 Å². The van der Waals surface area contributed by atoms with Gasteiger partial charge in [-0.2, -0.15) is 0 Å². The van der Waals surface area contributed by atoms with Gasteiger partial charge in [0.15, 0.2) is 12.6 Å². The van der Waals surface area contributed by atoms with Crippen LogP contribution in [0, 0.1) is 0 Å². The summed E-state index contributed by atoms with van der Waals surface area (Å²) in [5, 5.41) is 12.7. The predicted molar refractivity (Wildman–Crippen MR) is 160 cm³/mol. The summed E-state index contributed by atoms with van der Waals surface area (Å²) < 4.78 is 31.8. The monoisotopic (exact) mass is 595 g/mol. The summed E-state index contributed by atoms with van der Waals surface area (Å²) in [5.41, 5.74) is 2.59. The highest BCUT2D eigenvalue weighted by molar-refractivity contribution is 6.04. The Morgan fingerprint density at radius 1 is 0.727 bits per heavy atom. The number of hydrogen-bond donors (Lipinski definition) is 2. The molecule has 0 aromatic heterocycles. The van der Waals surface area contributed by atoms with Gasteiger partial charge in [-0.25, -0.2) is 4.79 Å². The lowest BCUT2D eigenvalue weighted by atomic mass is 9.94. The Kier molecular flexibility index (Phi) is 9.40. The van der Waals surface area contributed by atoms with Crippen LogP contribution in [0.25, 0.3) is 0 Å². The molecule has 2 aliphatic rings. The molecule has 226 valence electrons. The minimum atomic E-state index is -1.21. The summed E-state index contributed by atoms with van der Waals surface area (Å²) in [6.07, 6.45) is -3.58. The number of nitrogens with one attached hydrogen (secondary N) is 1. The molecule has 0 unspecified atom stereocenters. The van der Waals surface area contributed by atoms with E-state index >= 15 is 0 Å². The summed E-state index contributed by atoms with van der Waals surface area (Å²) in [4.78, 5) is 25.7. The first kappa shape index (κ1) is 29.7. The Balaban J connectivity index is 1.33. The van der Waals surface area contributed by atoms with Crippen LogP contribution in [0.1, 0.15) is 43.7 Å². The molecular formula is C35H33NO8. The number of amides is 1. The topological polar surface area (TPSA) is 113 Å². The first-order chi connectivity index (χ1) is 21.6. The van der Waals surface area contributed by atoms with Crippen LogP contribution in [-0.4, -0.2) is 54.2 Å². The van der Waals surface area contributed by atoms with Crippen molar-refractivity contribution in [2.24, 2.45) is 0 Å². The highest BCUT2D eigenvalue weighted by Crippen LogP contribution is 2.36. The van der Waals surface area contributed by atoms with Crippen molar-refractivity contribution in [3.63, 3.8) is 0 Å². The predicted octanol–water partition coefficient (Wildman–Crippen LogP) is 5.12. The third-order valence-corrected chi connectivity index (χ3v) is 7.65. The average molecular weight is 596 g/mol. The molecule has 1 amide bonds. The molecular weight excluding hydrogens is 562 g/mol. The molecule has 9 nitrogen and oxygen atoms in total. The van der Waals surface area contributed by atoms with Crippen molar-refractivity contribution in [2.75, 3.05) is 6.61 Å². The molecule has 4 aromatic rings. The highest BCUT2D eigenvalue weighted by atomic mass is 16.7. The molecule has 6 rings (SSSR count). The maximum Gasteiger partial charge on any atom is 0.336 e. The third kappa shape index (κ3) is 6.88. The molecule has 0 bridgehead atoms. The van der Waals surface area contributed by atoms with Crippen LogP contribution in [-0.2, 0) is 36.9 Å². The van der Waals surface area contributed by atoms with Crippen molar-refractivity contribution >= 4 is 11.9 Å². The van der Waals surface area contributed by atoms with E-state index in [4.69, 9.17) is 23.7 Å². The fourth-order valence-corrected chi connectivity index (χ4v) is 5.46. The molecule has 2 N–H and O–H groups in total. The number of carbonyl (C=O) groups excluding carboxylic acids is 1. The Hall–Kier alpha value is -4.38. The first-order valence-electron chi connectivity index (χ1n) is 14.5. The Labute approximate surface area is 255 Å². The zero-order chi connectivity index (χ0) is 30.3. The smallest absolute Gasteiger partial charge is 0.336 e. The maximum absolute atomic E-state index is 13.7. The number of aromatic carboxylic acids is 1. The molecule has 0 spiro atoms. The van der Waals surface area contributed by atoms with E-state index < -0.39 is 48.8 Å². The van der Waals surface area contributed by atoms with Gasteiger partial charge in [-0.3, -0.25) is 4.79 Å². The van der Waals surface area contributed by atoms with Crippen molar-refractivity contribution in [1.82, 2.24) is 5.32 Å². The van der Waals surface area contributed by atoms with Gasteiger partial charge in [0.25, 0.3) is 5.91 Å². The minimum Gasteiger partial charge on any atom is -0.478 e. The van der Waals surface area contributed by atoms with E-state index in [2.05, 4.69) is 5.32 Å². The van der Waals surface area contributed by atoms with Crippen molar-refractivity contribution in [3.8, 4) is 0 Å². The van der Waals surface area contributed by atoms with Gasteiger partial charge in [0.1, 0.15) is 24.4 Å². The van der Waals surface area contributed by atoms with E-state index in [0.29, 0.717) is 0 Å². The van der Waals surface area contributed by atoms with Gasteiger partial charge in [-0.15, -0.1) is 0 Å². The number of benzene rings is 4. The molecule has 44 heavy (non-hydrogen) atoms. The molecule has 9 heteroatoms. The van der Waals surface area contributed by atoms with Crippen molar-refractivity contribution in [3.05, 3.63) is 143 Å². The lowest BCUT2D eigenvalue weighted by Gasteiger charge is -2.49. The largest absolute Gasteiger partial charge is 0.478 e. The SMILES string of the molecule is O=C(O)c1ccccc1C(=O)N[C@H]1[C@H](OCc2ccccc2)O[C@@H]2CO[C@H](c3ccccc3)O[C@H]2[C@@H]1OCc1ccccc1. The number of carboxylic acid groups (broad SMARTS) is 1. The van der Waals surface area contributed by atoms with Crippen LogP contribution in [0.5, 0.6) is 0 Å². The quantitative estimate of drug-likeness (QED) is 0.260. The van der Waals surface area contributed by atoms with Gasteiger partial charge in [0.05, 0.1) is 30.9 Å². The van der Waals surface area contributed by atoms with Crippen molar-refractivity contribution in [1.29, 1.82) is 0 Å². The van der Waals surface area contributed by atoms with E-state index in [1.807, 2.05) is 91.0 Å². The molecule has 2 aliphatic heterocycles. The Morgan fingerprint density at radius 2 is 1.30 bits per heavy atom. The maximum atomic E-state index is 13.7. The highest BCUT2D eigenvalue weighted by Gasteiger charge is 2.52. The van der Waals surface area contributed by atoms with Gasteiger partial charge in [0.2, 0.25) is 0 Å². The zero-order valence-corrected chi connectivity index (χ0v) is 23.9. The second kappa shape index (κ2) is 13.9. The average Bonchev–Trinajstić information content (AvgIpc) is 3.08. The van der Waals surface area contributed by atoms with Crippen molar-refractivity contribution < 1.29 is 38.4 Å². The Morgan fingerprint density at radius 3 is 1.93 bits per heavy atom. The van der Waals surface area contributed by atoms with E-state index in [1.165, 1.54) is 12.1 Å². The minimum absolute atomic E-state index is 0.0146. The van der Waals surface area contributed by atoms with Gasteiger partial charge in [-0.05, 0) is 23.3 Å². The molecule has 2 heterocycles. The second-order valence-corrected chi connectivity index (χ2v) is 10.6. The lowest BCUT2D eigenvalue weighted by molar-refractivity contribution is -0.350. The number of carbonyl (C=O) groups is 2. The summed E-state index contributed by atoms with van der Waals surface area (Å²) in [7, 11) is 0. The van der Waals surface area contributed by atoms with Crippen LogP contribution in [0.2, 0.25) is 0 Å². The molecule has 2 fully saturated rings. The Bertz CT molecular complexity index is 1530. The first-order valence-corrected chi connectivity index (χ1v) is 14.5. The van der Waals surface area contributed by atoms with E-state index in [1.54, 1.807) is 12.1 Å².